The first-order chi connectivity index (χ1) is 11.4. The first-order valence-electron chi connectivity index (χ1n) is 7.15. The van der Waals surface area contributed by atoms with E-state index in [4.69, 9.17) is 0 Å². The highest BCUT2D eigenvalue weighted by atomic mass is 32.1. The van der Waals surface area contributed by atoms with Gasteiger partial charge in [-0.2, -0.15) is 10.2 Å². The summed E-state index contributed by atoms with van der Waals surface area (Å²) in [7, 11) is 3.41. The number of thiophene rings is 1. The number of aryl methyl sites for hydroxylation is 3. The maximum absolute atomic E-state index is 12.3. The number of hydrogen-bond acceptors (Lipinski definition) is 5. The maximum Gasteiger partial charge on any atom is 0.277 e. The van der Waals surface area contributed by atoms with Gasteiger partial charge in [0, 0.05) is 26.2 Å². The molecule has 3 aromatic heterocycles. The van der Waals surface area contributed by atoms with Crippen molar-refractivity contribution in [2.24, 2.45) is 14.1 Å². The summed E-state index contributed by atoms with van der Waals surface area (Å²) in [5.41, 5.74) is 1.01. The van der Waals surface area contributed by atoms with Crippen LogP contribution < -0.4 is 10.6 Å². The summed E-state index contributed by atoms with van der Waals surface area (Å²) in [6.45, 7) is 1.84. The molecule has 2 amide bonds. The first-order valence-corrected chi connectivity index (χ1v) is 8.03. The number of aromatic nitrogens is 4. The summed E-state index contributed by atoms with van der Waals surface area (Å²) in [5.74, 6) is 0.416. The van der Waals surface area contributed by atoms with Crippen LogP contribution in [0.15, 0.2) is 29.6 Å². The molecule has 0 spiro atoms. The van der Waals surface area contributed by atoms with Crippen molar-refractivity contribution in [1.82, 2.24) is 19.6 Å². The van der Waals surface area contributed by atoms with Gasteiger partial charge in [-0.1, -0.05) is 6.07 Å². The molecule has 0 aliphatic heterocycles. The molecule has 0 saturated carbocycles. The van der Waals surface area contributed by atoms with Crippen molar-refractivity contribution in [1.29, 1.82) is 0 Å². The minimum atomic E-state index is -0.370. The predicted molar refractivity (Wildman–Crippen MR) is 91.4 cm³/mol. The van der Waals surface area contributed by atoms with Crippen LogP contribution in [0, 0.1) is 6.92 Å². The van der Waals surface area contributed by atoms with Gasteiger partial charge >= 0.3 is 0 Å². The largest absolute Gasteiger partial charge is 0.306 e. The lowest BCUT2D eigenvalue weighted by molar-refractivity contribution is 0.101. The zero-order chi connectivity index (χ0) is 17.3. The Hall–Kier alpha value is -2.94. The van der Waals surface area contributed by atoms with Crippen LogP contribution in [0.5, 0.6) is 0 Å². The number of nitrogens with zero attached hydrogens (tertiary/aromatic N) is 4. The average Bonchev–Trinajstić information content (AvgIpc) is 3.22. The van der Waals surface area contributed by atoms with E-state index < -0.39 is 0 Å². The SMILES string of the molecule is Cc1cc(NC(=O)c2cc(NC(=O)c3cccs3)n(C)n2)n(C)n1. The highest BCUT2D eigenvalue weighted by Crippen LogP contribution is 2.15. The van der Waals surface area contributed by atoms with Gasteiger partial charge in [0.1, 0.15) is 11.6 Å². The van der Waals surface area contributed by atoms with Gasteiger partial charge in [-0.3, -0.25) is 19.0 Å². The smallest absolute Gasteiger partial charge is 0.277 e. The van der Waals surface area contributed by atoms with Crippen molar-refractivity contribution in [2.45, 2.75) is 6.92 Å². The number of anilines is 2. The van der Waals surface area contributed by atoms with Gasteiger partial charge in [0.15, 0.2) is 5.69 Å². The summed E-state index contributed by atoms with van der Waals surface area (Å²) < 4.78 is 3.03. The normalized spacial score (nSPS) is 10.6. The van der Waals surface area contributed by atoms with E-state index in [2.05, 4.69) is 20.8 Å². The van der Waals surface area contributed by atoms with Crippen LogP contribution in [0.1, 0.15) is 25.9 Å². The Morgan fingerprint density at radius 3 is 2.33 bits per heavy atom. The third-order valence-electron chi connectivity index (χ3n) is 3.34. The minimum absolute atomic E-state index is 0.206. The fourth-order valence-corrected chi connectivity index (χ4v) is 2.81. The van der Waals surface area contributed by atoms with Gasteiger partial charge in [0.05, 0.1) is 10.6 Å². The third kappa shape index (κ3) is 3.20. The molecule has 124 valence electrons. The molecule has 3 aromatic rings. The van der Waals surface area contributed by atoms with E-state index in [1.807, 2.05) is 12.3 Å². The molecule has 0 saturated heterocycles. The molecule has 9 heteroatoms. The second-order valence-corrected chi connectivity index (χ2v) is 6.17. The van der Waals surface area contributed by atoms with Gasteiger partial charge in [-0.05, 0) is 18.4 Å². The average molecular weight is 344 g/mol. The van der Waals surface area contributed by atoms with E-state index in [0.717, 1.165) is 5.69 Å². The molecule has 24 heavy (non-hydrogen) atoms. The van der Waals surface area contributed by atoms with Crippen LogP contribution in [0.25, 0.3) is 0 Å². The topological polar surface area (TPSA) is 93.8 Å². The number of carbonyl (C=O) groups excluding carboxylic acids is 2. The fourth-order valence-electron chi connectivity index (χ4n) is 2.19. The van der Waals surface area contributed by atoms with Crippen molar-refractivity contribution in [3.05, 3.63) is 45.9 Å². The highest BCUT2D eigenvalue weighted by Gasteiger charge is 2.17. The van der Waals surface area contributed by atoms with Crippen molar-refractivity contribution < 1.29 is 9.59 Å². The molecule has 0 aliphatic rings. The molecule has 0 bridgehead atoms. The second-order valence-electron chi connectivity index (χ2n) is 5.22. The van der Waals surface area contributed by atoms with Crippen molar-refractivity contribution >= 4 is 34.8 Å². The van der Waals surface area contributed by atoms with Crippen molar-refractivity contribution in [3.8, 4) is 0 Å². The lowest BCUT2D eigenvalue weighted by Crippen LogP contribution is -2.15. The molecule has 0 aromatic carbocycles. The van der Waals surface area contributed by atoms with Crippen molar-refractivity contribution in [3.63, 3.8) is 0 Å². The molecular weight excluding hydrogens is 328 g/mol. The van der Waals surface area contributed by atoms with E-state index in [1.54, 1.807) is 37.0 Å². The van der Waals surface area contributed by atoms with Gasteiger partial charge < -0.3 is 10.6 Å². The van der Waals surface area contributed by atoms with E-state index >= 15 is 0 Å². The van der Waals surface area contributed by atoms with Gasteiger partial charge in [0.25, 0.3) is 11.8 Å². The number of hydrogen-bond donors (Lipinski definition) is 2. The molecule has 0 fully saturated rings. The standard InChI is InChI=1S/C15H16N6O2S/c1-9-7-12(20(2)18-9)16-14(22)10-8-13(21(3)19-10)17-15(23)11-5-4-6-24-11/h4-8H,1-3H3,(H,16,22)(H,17,23). The van der Waals surface area contributed by atoms with Crippen LogP contribution in [0.3, 0.4) is 0 Å². The number of rotatable bonds is 4. The van der Waals surface area contributed by atoms with E-state index in [0.29, 0.717) is 16.5 Å². The summed E-state index contributed by atoms with van der Waals surface area (Å²) in [6.07, 6.45) is 0. The molecule has 3 heterocycles. The van der Waals surface area contributed by atoms with E-state index in [-0.39, 0.29) is 17.5 Å². The quantitative estimate of drug-likeness (QED) is 0.757. The molecule has 0 unspecified atom stereocenters. The Morgan fingerprint density at radius 1 is 1.04 bits per heavy atom. The second kappa shape index (κ2) is 6.28. The van der Waals surface area contributed by atoms with E-state index in [9.17, 15) is 9.59 Å². The van der Waals surface area contributed by atoms with Crippen LogP contribution in [0.2, 0.25) is 0 Å². The molecule has 8 nitrogen and oxygen atoms in total. The van der Waals surface area contributed by atoms with Crippen LogP contribution in [-0.4, -0.2) is 31.4 Å². The number of carbonyl (C=O) groups is 2. The summed E-state index contributed by atoms with van der Waals surface area (Å²) in [5, 5.41) is 15.6. The molecule has 0 aliphatic carbocycles. The summed E-state index contributed by atoms with van der Waals surface area (Å²) >= 11 is 1.34. The highest BCUT2D eigenvalue weighted by molar-refractivity contribution is 7.12. The number of amides is 2. The first kappa shape index (κ1) is 15.9. The monoisotopic (exact) mass is 344 g/mol. The lowest BCUT2D eigenvalue weighted by Gasteiger charge is -2.02. The molecule has 3 rings (SSSR count). The zero-order valence-corrected chi connectivity index (χ0v) is 14.2. The fraction of sp³-hybridized carbons (Fsp3) is 0.200. The Balaban J connectivity index is 1.74. The van der Waals surface area contributed by atoms with Crippen LogP contribution in [-0.2, 0) is 14.1 Å². The van der Waals surface area contributed by atoms with Gasteiger partial charge in [0.2, 0.25) is 0 Å². The number of nitrogens with one attached hydrogen (secondary N) is 2. The van der Waals surface area contributed by atoms with Gasteiger partial charge in [-0.25, -0.2) is 0 Å². The predicted octanol–water partition coefficient (Wildman–Crippen LogP) is 2.03. The molecule has 0 radical (unpaired) electrons. The Kier molecular flexibility index (Phi) is 4.17. The molecule has 0 atom stereocenters. The minimum Gasteiger partial charge on any atom is -0.306 e. The molecular formula is C15H16N6O2S. The van der Waals surface area contributed by atoms with Crippen LogP contribution in [0.4, 0.5) is 11.6 Å². The Morgan fingerprint density at radius 2 is 1.71 bits per heavy atom. The summed E-state index contributed by atoms with van der Waals surface area (Å²) in [6, 6.07) is 6.83. The maximum atomic E-state index is 12.3. The van der Waals surface area contributed by atoms with Gasteiger partial charge in [-0.15, -0.1) is 11.3 Å². The van der Waals surface area contributed by atoms with E-state index in [1.165, 1.54) is 22.1 Å². The van der Waals surface area contributed by atoms with Crippen LogP contribution >= 0.6 is 11.3 Å². The lowest BCUT2D eigenvalue weighted by atomic mass is 10.3. The zero-order valence-electron chi connectivity index (χ0n) is 13.4. The Bertz CT molecular complexity index is 893. The molecule has 2 N–H and O–H groups in total. The summed E-state index contributed by atoms with van der Waals surface area (Å²) in [4.78, 5) is 25.0. The van der Waals surface area contributed by atoms with Crippen molar-refractivity contribution in [2.75, 3.05) is 10.6 Å². The third-order valence-corrected chi connectivity index (χ3v) is 4.21. The Labute approximate surface area is 142 Å².